The summed E-state index contributed by atoms with van der Waals surface area (Å²) in [4.78, 5) is 40.0. The average molecular weight is 366 g/mol. The molecule has 8 heteroatoms. The van der Waals surface area contributed by atoms with Crippen LogP contribution in [0.15, 0.2) is 54.2 Å². The Morgan fingerprint density at radius 2 is 2.07 bits per heavy atom. The van der Waals surface area contributed by atoms with E-state index in [1.807, 2.05) is 31.5 Å². The maximum atomic E-state index is 12.7. The summed E-state index contributed by atoms with van der Waals surface area (Å²) in [5.74, 6) is -0.0861. The molecule has 1 amide bonds. The van der Waals surface area contributed by atoms with E-state index in [0.717, 1.165) is 0 Å². The molecule has 0 radical (unpaired) electrons. The van der Waals surface area contributed by atoms with Crippen LogP contribution in [0.3, 0.4) is 0 Å². The molecule has 0 aromatic carbocycles. The molecular formula is C19H22N6O2. The predicted molar refractivity (Wildman–Crippen MR) is 101 cm³/mol. The van der Waals surface area contributed by atoms with Crippen LogP contribution in [0.2, 0.25) is 0 Å². The van der Waals surface area contributed by atoms with Gasteiger partial charge in [0.2, 0.25) is 0 Å². The highest BCUT2D eigenvalue weighted by Gasteiger charge is 2.28. The normalized spacial score (nSPS) is 12.6. The molecule has 3 rings (SSSR count). The number of pyridine rings is 1. The van der Waals surface area contributed by atoms with Gasteiger partial charge in [0.05, 0.1) is 12.4 Å². The van der Waals surface area contributed by atoms with Gasteiger partial charge in [0.15, 0.2) is 0 Å². The van der Waals surface area contributed by atoms with E-state index < -0.39 is 11.5 Å². The largest absolute Gasteiger partial charge is 0.347 e. The Labute approximate surface area is 156 Å². The summed E-state index contributed by atoms with van der Waals surface area (Å²) < 4.78 is 1.89. The van der Waals surface area contributed by atoms with Crippen molar-refractivity contribution in [2.24, 2.45) is 5.41 Å². The fourth-order valence-electron chi connectivity index (χ4n) is 2.58. The number of amides is 1. The fraction of sp³-hybridized carbons (Fsp3) is 0.316. The first-order valence-corrected chi connectivity index (χ1v) is 8.61. The van der Waals surface area contributed by atoms with E-state index in [1.165, 1.54) is 6.20 Å². The number of hydrogen-bond acceptors (Lipinski definition) is 5. The summed E-state index contributed by atoms with van der Waals surface area (Å²) in [5, 5.41) is 2.95. The van der Waals surface area contributed by atoms with Gasteiger partial charge in [-0.2, -0.15) is 0 Å². The quantitative estimate of drug-likeness (QED) is 0.717. The van der Waals surface area contributed by atoms with E-state index in [-0.39, 0.29) is 17.0 Å². The average Bonchev–Trinajstić information content (AvgIpc) is 3.14. The first-order valence-electron chi connectivity index (χ1n) is 8.61. The SMILES string of the molecule is CC(C)(C)[C@H](Cn1ccnc1)NC(=O)c1cnc(-c2cccnc2)[nH]c1=O. The van der Waals surface area contributed by atoms with E-state index >= 15 is 0 Å². The number of nitrogens with zero attached hydrogens (tertiary/aromatic N) is 4. The van der Waals surface area contributed by atoms with Gasteiger partial charge in [0.1, 0.15) is 11.4 Å². The highest BCUT2D eigenvalue weighted by atomic mass is 16.2. The molecule has 8 nitrogen and oxygen atoms in total. The van der Waals surface area contributed by atoms with Gasteiger partial charge in [-0.25, -0.2) is 9.97 Å². The van der Waals surface area contributed by atoms with Crippen LogP contribution in [0.25, 0.3) is 11.4 Å². The van der Waals surface area contributed by atoms with Gasteiger partial charge in [-0.1, -0.05) is 20.8 Å². The number of hydrogen-bond donors (Lipinski definition) is 2. The van der Waals surface area contributed by atoms with Crippen molar-refractivity contribution in [2.75, 3.05) is 0 Å². The van der Waals surface area contributed by atoms with E-state index in [4.69, 9.17) is 0 Å². The minimum Gasteiger partial charge on any atom is -0.347 e. The number of H-pyrrole nitrogens is 1. The Balaban J connectivity index is 1.81. The van der Waals surface area contributed by atoms with Gasteiger partial charge in [-0.3, -0.25) is 14.6 Å². The zero-order valence-electron chi connectivity index (χ0n) is 15.5. The molecule has 0 unspecified atom stereocenters. The topological polar surface area (TPSA) is 106 Å². The molecule has 0 saturated carbocycles. The minimum absolute atomic E-state index is 0.0254. The Morgan fingerprint density at radius 3 is 2.67 bits per heavy atom. The molecule has 1 atom stereocenters. The van der Waals surface area contributed by atoms with Gasteiger partial charge in [0, 0.05) is 43.1 Å². The molecule has 0 aliphatic heterocycles. The smallest absolute Gasteiger partial charge is 0.264 e. The van der Waals surface area contributed by atoms with E-state index in [2.05, 4.69) is 25.3 Å². The Morgan fingerprint density at radius 1 is 1.26 bits per heavy atom. The minimum atomic E-state index is -0.489. The molecule has 3 heterocycles. The molecule has 0 bridgehead atoms. The molecule has 3 aromatic heterocycles. The standard InChI is InChI=1S/C19H22N6O2/c1-19(2,3)15(11-25-8-7-21-12-25)23-17(26)14-10-22-16(24-18(14)27)13-5-4-6-20-9-13/h4-10,12,15H,11H2,1-3H3,(H,23,26)(H,22,24,27)/t15-/m0/s1. The van der Waals surface area contributed by atoms with Crippen molar-refractivity contribution in [3.8, 4) is 11.4 Å². The molecule has 0 aliphatic rings. The van der Waals surface area contributed by atoms with Crippen molar-refractivity contribution in [2.45, 2.75) is 33.4 Å². The van der Waals surface area contributed by atoms with Crippen LogP contribution in [-0.4, -0.2) is 36.5 Å². The molecule has 0 fully saturated rings. The summed E-state index contributed by atoms with van der Waals surface area (Å²) >= 11 is 0. The third-order valence-corrected chi connectivity index (χ3v) is 4.28. The highest BCUT2D eigenvalue weighted by molar-refractivity contribution is 5.93. The van der Waals surface area contributed by atoms with Crippen molar-refractivity contribution in [1.82, 2.24) is 29.8 Å². The molecular weight excluding hydrogens is 344 g/mol. The second-order valence-corrected chi connectivity index (χ2v) is 7.37. The lowest BCUT2D eigenvalue weighted by molar-refractivity contribution is 0.0890. The fourth-order valence-corrected chi connectivity index (χ4v) is 2.58. The van der Waals surface area contributed by atoms with Gasteiger partial charge < -0.3 is 14.9 Å². The molecule has 0 spiro atoms. The van der Waals surface area contributed by atoms with E-state index in [9.17, 15) is 9.59 Å². The van der Waals surface area contributed by atoms with Gasteiger partial charge in [-0.05, 0) is 17.5 Å². The van der Waals surface area contributed by atoms with Crippen LogP contribution >= 0.6 is 0 Å². The molecule has 3 aromatic rings. The summed E-state index contributed by atoms with van der Waals surface area (Å²) in [6.45, 7) is 6.64. The number of carbonyl (C=O) groups excluding carboxylic acids is 1. The Hall–Kier alpha value is -3.29. The lowest BCUT2D eigenvalue weighted by atomic mass is 9.86. The van der Waals surface area contributed by atoms with Crippen LogP contribution in [0.4, 0.5) is 0 Å². The maximum absolute atomic E-state index is 12.7. The highest BCUT2D eigenvalue weighted by Crippen LogP contribution is 2.21. The van der Waals surface area contributed by atoms with E-state index in [0.29, 0.717) is 17.9 Å². The van der Waals surface area contributed by atoms with Crippen LogP contribution in [0.5, 0.6) is 0 Å². The first-order chi connectivity index (χ1) is 12.8. The molecule has 0 saturated heterocycles. The predicted octanol–water partition coefficient (Wildman–Crippen LogP) is 1.87. The maximum Gasteiger partial charge on any atom is 0.264 e. The van der Waals surface area contributed by atoms with Gasteiger partial charge in [-0.15, -0.1) is 0 Å². The van der Waals surface area contributed by atoms with Crippen LogP contribution in [-0.2, 0) is 6.54 Å². The molecule has 140 valence electrons. The number of aromatic nitrogens is 5. The van der Waals surface area contributed by atoms with Gasteiger partial charge in [0.25, 0.3) is 11.5 Å². The number of imidazole rings is 1. The lowest BCUT2D eigenvalue weighted by Gasteiger charge is -2.31. The summed E-state index contributed by atoms with van der Waals surface area (Å²) in [6, 6.07) is 3.34. The molecule has 27 heavy (non-hydrogen) atoms. The first kappa shape index (κ1) is 18.5. The summed E-state index contributed by atoms with van der Waals surface area (Å²) in [6.07, 6.45) is 9.75. The third-order valence-electron chi connectivity index (χ3n) is 4.28. The Bertz CT molecular complexity index is 958. The second kappa shape index (κ2) is 7.53. The van der Waals surface area contributed by atoms with Crippen molar-refractivity contribution in [3.63, 3.8) is 0 Å². The van der Waals surface area contributed by atoms with Gasteiger partial charge >= 0.3 is 0 Å². The molecule has 0 aliphatic carbocycles. The van der Waals surface area contributed by atoms with E-state index in [1.54, 1.807) is 37.1 Å². The van der Waals surface area contributed by atoms with Crippen molar-refractivity contribution < 1.29 is 4.79 Å². The lowest BCUT2D eigenvalue weighted by Crippen LogP contribution is -2.47. The van der Waals surface area contributed by atoms with Crippen LogP contribution < -0.4 is 10.9 Å². The third kappa shape index (κ3) is 4.46. The van der Waals surface area contributed by atoms with Crippen molar-refractivity contribution in [3.05, 3.63) is 65.4 Å². The van der Waals surface area contributed by atoms with Crippen molar-refractivity contribution >= 4 is 5.91 Å². The number of nitrogens with one attached hydrogen (secondary N) is 2. The number of rotatable bonds is 5. The Kier molecular flexibility index (Phi) is 5.16. The molecule has 2 N–H and O–H groups in total. The summed E-state index contributed by atoms with van der Waals surface area (Å²) in [5.41, 5.74) is -0.0520. The van der Waals surface area contributed by atoms with Crippen molar-refractivity contribution in [1.29, 1.82) is 0 Å². The second-order valence-electron chi connectivity index (χ2n) is 7.37. The van der Waals surface area contributed by atoms with Crippen LogP contribution in [0, 0.1) is 5.41 Å². The monoisotopic (exact) mass is 366 g/mol. The van der Waals surface area contributed by atoms with Crippen LogP contribution in [0.1, 0.15) is 31.1 Å². The zero-order valence-corrected chi connectivity index (χ0v) is 15.5. The zero-order chi connectivity index (χ0) is 19.4. The summed E-state index contributed by atoms with van der Waals surface area (Å²) in [7, 11) is 0. The number of aromatic amines is 1. The number of carbonyl (C=O) groups is 1.